The first-order valence-electron chi connectivity index (χ1n) is 8.84. The van der Waals surface area contributed by atoms with Crippen molar-refractivity contribution < 1.29 is 9.47 Å². The quantitative estimate of drug-likeness (QED) is 0.743. The zero-order valence-electron chi connectivity index (χ0n) is 15.4. The molecule has 4 rings (SSSR count). The van der Waals surface area contributed by atoms with E-state index in [9.17, 15) is 0 Å². The van der Waals surface area contributed by atoms with Gasteiger partial charge in [0.15, 0.2) is 11.5 Å². The first kappa shape index (κ1) is 17.3. The number of fused-ring (bicyclic) bond motifs is 3. The summed E-state index contributed by atoms with van der Waals surface area (Å²) in [5.74, 6) is 1.24. The van der Waals surface area contributed by atoms with E-state index in [0.717, 1.165) is 25.1 Å². The molecule has 0 unspecified atom stereocenters. The molecule has 1 aromatic heterocycles. The standard InChI is InChI=1S/C21H23ClN2O2/c1-13-4-6-17-16(10-13)15-8-9-23-11-18(15)24(17)12-14-5-7-19(25-2)21(26-3)20(14)22/h4-7,10,23H,8-9,11-12H2,1-3H3. The van der Waals surface area contributed by atoms with Gasteiger partial charge in [-0.25, -0.2) is 0 Å². The Bertz CT molecular complexity index is 978. The average molecular weight is 371 g/mol. The van der Waals surface area contributed by atoms with Gasteiger partial charge < -0.3 is 19.4 Å². The van der Waals surface area contributed by atoms with E-state index in [0.29, 0.717) is 23.1 Å². The summed E-state index contributed by atoms with van der Waals surface area (Å²) in [4.78, 5) is 0. The van der Waals surface area contributed by atoms with Crippen molar-refractivity contribution in [2.45, 2.75) is 26.4 Å². The lowest BCUT2D eigenvalue weighted by atomic mass is 10.0. The third-order valence-electron chi connectivity index (χ3n) is 5.18. The van der Waals surface area contributed by atoms with Gasteiger partial charge in [0.2, 0.25) is 0 Å². The molecule has 2 aromatic carbocycles. The summed E-state index contributed by atoms with van der Waals surface area (Å²) in [6, 6.07) is 10.6. The fourth-order valence-corrected chi connectivity index (χ4v) is 4.19. The second-order valence-corrected chi connectivity index (χ2v) is 7.11. The first-order chi connectivity index (χ1) is 12.6. The lowest BCUT2D eigenvalue weighted by Crippen LogP contribution is -2.25. The summed E-state index contributed by atoms with van der Waals surface area (Å²) in [6.45, 7) is 4.76. The largest absolute Gasteiger partial charge is 0.493 e. The molecule has 0 amide bonds. The van der Waals surface area contributed by atoms with Gasteiger partial charge in [0.25, 0.3) is 0 Å². The van der Waals surface area contributed by atoms with E-state index in [1.54, 1.807) is 14.2 Å². The van der Waals surface area contributed by atoms with Crippen LogP contribution in [0.5, 0.6) is 11.5 Å². The number of benzene rings is 2. The first-order valence-corrected chi connectivity index (χ1v) is 9.22. The molecule has 0 atom stereocenters. The summed E-state index contributed by atoms with van der Waals surface area (Å²) in [5, 5.41) is 5.47. The van der Waals surface area contributed by atoms with Crippen LogP contribution in [0.15, 0.2) is 30.3 Å². The minimum atomic E-state index is 0.589. The van der Waals surface area contributed by atoms with Crippen molar-refractivity contribution in [2.75, 3.05) is 20.8 Å². The number of hydrogen-bond donors (Lipinski definition) is 1. The predicted octanol–water partition coefficient (Wildman–Crippen LogP) is 4.31. The van der Waals surface area contributed by atoms with Crippen molar-refractivity contribution in [2.24, 2.45) is 0 Å². The van der Waals surface area contributed by atoms with Crippen LogP contribution in [-0.2, 0) is 19.5 Å². The third kappa shape index (κ3) is 2.74. The molecule has 0 spiro atoms. The molecule has 136 valence electrons. The van der Waals surface area contributed by atoms with Gasteiger partial charge in [0, 0.05) is 29.7 Å². The van der Waals surface area contributed by atoms with Crippen molar-refractivity contribution >= 4 is 22.5 Å². The lowest BCUT2D eigenvalue weighted by Gasteiger charge is -2.19. The Morgan fingerprint density at radius 1 is 1.15 bits per heavy atom. The highest BCUT2D eigenvalue weighted by Gasteiger charge is 2.21. The highest BCUT2D eigenvalue weighted by molar-refractivity contribution is 6.33. The zero-order chi connectivity index (χ0) is 18.3. The smallest absolute Gasteiger partial charge is 0.179 e. The van der Waals surface area contributed by atoms with Crippen LogP contribution in [0.25, 0.3) is 10.9 Å². The highest BCUT2D eigenvalue weighted by atomic mass is 35.5. The second kappa shape index (κ2) is 6.86. The normalized spacial score (nSPS) is 13.7. The number of aryl methyl sites for hydroxylation is 1. The predicted molar refractivity (Wildman–Crippen MR) is 106 cm³/mol. The van der Waals surface area contributed by atoms with E-state index in [4.69, 9.17) is 21.1 Å². The van der Waals surface area contributed by atoms with Crippen LogP contribution in [0, 0.1) is 6.92 Å². The molecule has 5 heteroatoms. The molecule has 1 aliphatic rings. The molecule has 26 heavy (non-hydrogen) atoms. The van der Waals surface area contributed by atoms with Gasteiger partial charge in [-0.1, -0.05) is 29.3 Å². The van der Waals surface area contributed by atoms with Gasteiger partial charge in [0.1, 0.15) is 0 Å². The van der Waals surface area contributed by atoms with Gasteiger partial charge in [-0.2, -0.15) is 0 Å². The molecule has 0 fully saturated rings. The van der Waals surface area contributed by atoms with Gasteiger partial charge in [-0.15, -0.1) is 0 Å². The fraction of sp³-hybridized carbons (Fsp3) is 0.333. The number of nitrogens with zero attached hydrogens (tertiary/aromatic N) is 1. The Morgan fingerprint density at radius 3 is 2.77 bits per heavy atom. The van der Waals surface area contributed by atoms with Crippen molar-refractivity contribution in [1.29, 1.82) is 0 Å². The number of methoxy groups -OCH3 is 2. The SMILES string of the molecule is COc1ccc(Cn2c3c(c4cc(C)ccc42)CCNC3)c(Cl)c1OC. The Labute approximate surface area is 158 Å². The monoisotopic (exact) mass is 370 g/mol. The number of hydrogen-bond acceptors (Lipinski definition) is 3. The Kier molecular flexibility index (Phi) is 4.55. The Balaban J connectivity index is 1.86. The van der Waals surface area contributed by atoms with Crippen LogP contribution in [0.1, 0.15) is 22.4 Å². The van der Waals surface area contributed by atoms with E-state index in [1.165, 1.54) is 27.7 Å². The topological polar surface area (TPSA) is 35.4 Å². The molecular formula is C21H23ClN2O2. The van der Waals surface area contributed by atoms with Crippen LogP contribution in [-0.4, -0.2) is 25.3 Å². The van der Waals surface area contributed by atoms with Gasteiger partial charge in [-0.05, 0) is 49.2 Å². The molecular weight excluding hydrogens is 348 g/mol. The van der Waals surface area contributed by atoms with Gasteiger partial charge in [0.05, 0.1) is 19.2 Å². The number of rotatable bonds is 4. The summed E-state index contributed by atoms with van der Waals surface area (Å²) in [6.07, 6.45) is 1.06. The number of aromatic nitrogens is 1. The molecule has 1 aliphatic heterocycles. The molecule has 0 saturated carbocycles. The minimum absolute atomic E-state index is 0.589. The summed E-state index contributed by atoms with van der Waals surface area (Å²) < 4.78 is 13.2. The number of ether oxygens (including phenoxy) is 2. The Hall–Kier alpha value is -2.17. The maximum absolute atomic E-state index is 6.64. The Morgan fingerprint density at radius 2 is 2.00 bits per heavy atom. The molecule has 2 heterocycles. The van der Waals surface area contributed by atoms with E-state index >= 15 is 0 Å². The van der Waals surface area contributed by atoms with Crippen LogP contribution in [0.4, 0.5) is 0 Å². The summed E-state index contributed by atoms with van der Waals surface area (Å²) in [5.41, 5.74) is 6.38. The molecule has 0 aliphatic carbocycles. The fourth-order valence-electron chi connectivity index (χ4n) is 3.90. The van der Waals surface area contributed by atoms with Crippen molar-refractivity contribution in [3.63, 3.8) is 0 Å². The maximum atomic E-state index is 6.64. The molecule has 3 aromatic rings. The number of halogens is 1. The average Bonchev–Trinajstić information content (AvgIpc) is 2.96. The van der Waals surface area contributed by atoms with Crippen LogP contribution < -0.4 is 14.8 Å². The van der Waals surface area contributed by atoms with Crippen molar-refractivity contribution in [1.82, 2.24) is 9.88 Å². The number of nitrogens with one attached hydrogen (secondary N) is 1. The van der Waals surface area contributed by atoms with E-state index in [1.807, 2.05) is 12.1 Å². The highest BCUT2D eigenvalue weighted by Crippen LogP contribution is 2.38. The van der Waals surface area contributed by atoms with E-state index < -0.39 is 0 Å². The van der Waals surface area contributed by atoms with Crippen LogP contribution >= 0.6 is 11.6 Å². The van der Waals surface area contributed by atoms with Crippen molar-refractivity contribution in [3.8, 4) is 11.5 Å². The van der Waals surface area contributed by atoms with E-state index in [2.05, 4.69) is 35.0 Å². The zero-order valence-corrected chi connectivity index (χ0v) is 16.1. The third-order valence-corrected chi connectivity index (χ3v) is 5.59. The second-order valence-electron chi connectivity index (χ2n) is 6.73. The van der Waals surface area contributed by atoms with Crippen LogP contribution in [0.3, 0.4) is 0 Å². The summed E-state index contributed by atoms with van der Waals surface area (Å²) in [7, 11) is 3.24. The van der Waals surface area contributed by atoms with Crippen LogP contribution in [0.2, 0.25) is 5.02 Å². The van der Waals surface area contributed by atoms with Crippen molar-refractivity contribution in [3.05, 3.63) is 57.7 Å². The molecule has 0 bridgehead atoms. The van der Waals surface area contributed by atoms with E-state index in [-0.39, 0.29) is 0 Å². The molecule has 0 saturated heterocycles. The summed E-state index contributed by atoms with van der Waals surface area (Å²) >= 11 is 6.64. The maximum Gasteiger partial charge on any atom is 0.179 e. The molecule has 0 radical (unpaired) electrons. The van der Waals surface area contributed by atoms with Gasteiger partial charge in [-0.3, -0.25) is 0 Å². The minimum Gasteiger partial charge on any atom is -0.493 e. The molecule has 1 N–H and O–H groups in total. The lowest BCUT2D eigenvalue weighted by molar-refractivity contribution is 0.354. The molecule has 4 nitrogen and oxygen atoms in total. The van der Waals surface area contributed by atoms with Gasteiger partial charge >= 0.3 is 0 Å².